The minimum atomic E-state index is -0.0983. The zero-order valence-corrected chi connectivity index (χ0v) is 21.7. The fourth-order valence-electron chi connectivity index (χ4n) is 5.02. The second kappa shape index (κ2) is 10.3. The summed E-state index contributed by atoms with van der Waals surface area (Å²) < 4.78 is 0. The number of rotatable bonds is 7. The molecule has 1 saturated heterocycles. The molecule has 1 fully saturated rings. The SMILES string of the molecule is CCN1CCN(c2nc(NC(c3ccccc3)c3ccc(C)cc3)c3c(n2)C(=O)N(C(C)C)C3)CC1. The number of aromatic nitrogens is 2. The minimum absolute atomic E-state index is 0.00880. The first kappa shape index (κ1) is 24.3. The van der Waals surface area contributed by atoms with Gasteiger partial charge in [0.1, 0.15) is 11.5 Å². The number of anilines is 2. The predicted molar refractivity (Wildman–Crippen MR) is 144 cm³/mol. The lowest BCUT2D eigenvalue weighted by molar-refractivity contribution is 0.0726. The monoisotopic (exact) mass is 484 g/mol. The number of hydrogen-bond donors (Lipinski definition) is 1. The van der Waals surface area contributed by atoms with Gasteiger partial charge in [-0.3, -0.25) is 4.79 Å². The van der Waals surface area contributed by atoms with E-state index in [1.54, 1.807) is 0 Å². The minimum Gasteiger partial charge on any atom is -0.359 e. The Morgan fingerprint density at radius 1 is 0.917 bits per heavy atom. The molecule has 2 aromatic carbocycles. The first-order valence-corrected chi connectivity index (χ1v) is 13.0. The number of likely N-dealkylation sites (N-methyl/N-ethyl adjacent to an activating group) is 1. The van der Waals surface area contributed by atoms with Crippen LogP contribution in [0.3, 0.4) is 0 Å². The van der Waals surface area contributed by atoms with E-state index in [1.807, 2.05) is 24.8 Å². The first-order chi connectivity index (χ1) is 17.4. The van der Waals surface area contributed by atoms with Crippen molar-refractivity contribution in [3.63, 3.8) is 0 Å². The number of fused-ring (bicyclic) bond motifs is 1. The van der Waals surface area contributed by atoms with Crippen LogP contribution in [0.1, 0.15) is 59.6 Å². The summed E-state index contributed by atoms with van der Waals surface area (Å²) in [5.41, 5.74) is 4.95. The molecule has 36 heavy (non-hydrogen) atoms. The standard InChI is InChI=1S/C29H36N6O/c1-5-33-15-17-34(18-16-33)29-31-26-24(19-35(20(2)3)28(26)36)27(32-29)30-25(22-9-7-6-8-10-22)23-13-11-21(4)12-14-23/h6-14,20,25H,5,15-19H2,1-4H3,(H,30,31,32). The van der Waals surface area contributed by atoms with Crippen LogP contribution in [-0.2, 0) is 6.54 Å². The molecule has 5 rings (SSSR count). The molecular formula is C29H36N6O. The summed E-state index contributed by atoms with van der Waals surface area (Å²) >= 11 is 0. The number of nitrogens with zero attached hydrogens (tertiary/aromatic N) is 5. The maximum atomic E-state index is 13.4. The predicted octanol–water partition coefficient (Wildman–Crippen LogP) is 4.49. The van der Waals surface area contributed by atoms with Crippen LogP contribution in [0.25, 0.3) is 0 Å². The van der Waals surface area contributed by atoms with Crippen LogP contribution in [0.2, 0.25) is 0 Å². The number of benzene rings is 2. The summed E-state index contributed by atoms with van der Waals surface area (Å²) in [5.74, 6) is 1.38. The Morgan fingerprint density at radius 2 is 1.58 bits per heavy atom. The summed E-state index contributed by atoms with van der Waals surface area (Å²) in [6.07, 6.45) is 0. The van der Waals surface area contributed by atoms with E-state index in [9.17, 15) is 4.79 Å². The van der Waals surface area contributed by atoms with E-state index in [0.29, 0.717) is 18.2 Å². The molecular weight excluding hydrogens is 448 g/mol. The highest BCUT2D eigenvalue weighted by atomic mass is 16.2. The summed E-state index contributed by atoms with van der Waals surface area (Å²) in [6.45, 7) is 13.6. The van der Waals surface area contributed by atoms with Gasteiger partial charge in [-0.05, 0) is 38.4 Å². The van der Waals surface area contributed by atoms with E-state index in [0.717, 1.165) is 55.2 Å². The molecule has 2 aliphatic heterocycles. The lowest BCUT2D eigenvalue weighted by Crippen LogP contribution is -2.47. The number of carbonyl (C=O) groups is 1. The Bertz CT molecular complexity index is 1200. The van der Waals surface area contributed by atoms with Gasteiger partial charge in [-0.25, -0.2) is 4.98 Å². The second-order valence-electron chi connectivity index (χ2n) is 10.0. The molecule has 2 aliphatic rings. The molecule has 1 amide bonds. The lowest BCUT2D eigenvalue weighted by Gasteiger charge is -2.34. The third kappa shape index (κ3) is 4.80. The summed E-state index contributed by atoms with van der Waals surface area (Å²) in [4.78, 5) is 29.8. The van der Waals surface area contributed by atoms with Crippen LogP contribution in [0.15, 0.2) is 54.6 Å². The Balaban J connectivity index is 1.56. The van der Waals surface area contributed by atoms with E-state index in [-0.39, 0.29) is 18.0 Å². The molecule has 188 valence electrons. The van der Waals surface area contributed by atoms with Gasteiger partial charge in [-0.1, -0.05) is 67.1 Å². The van der Waals surface area contributed by atoms with Gasteiger partial charge in [-0.15, -0.1) is 0 Å². The molecule has 0 spiro atoms. The number of nitrogens with one attached hydrogen (secondary N) is 1. The fourth-order valence-corrected chi connectivity index (χ4v) is 5.02. The van der Waals surface area contributed by atoms with Crippen molar-refractivity contribution in [1.82, 2.24) is 19.8 Å². The molecule has 0 aliphatic carbocycles. The summed E-state index contributed by atoms with van der Waals surface area (Å²) in [6, 6.07) is 19.0. The Labute approximate surface area is 214 Å². The van der Waals surface area contributed by atoms with Gasteiger partial charge in [0, 0.05) is 37.8 Å². The van der Waals surface area contributed by atoms with Crippen molar-refractivity contribution in [2.75, 3.05) is 42.9 Å². The van der Waals surface area contributed by atoms with E-state index >= 15 is 0 Å². The molecule has 7 heteroatoms. The van der Waals surface area contributed by atoms with Gasteiger partial charge in [0.15, 0.2) is 0 Å². The van der Waals surface area contributed by atoms with Crippen LogP contribution < -0.4 is 10.2 Å². The number of carbonyl (C=O) groups excluding carboxylic acids is 1. The average molecular weight is 485 g/mol. The van der Waals surface area contributed by atoms with Crippen LogP contribution >= 0.6 is 0 Å². The number of amides is 1. The van der Waals surface area contributed by atoms with Crippen molar-refractivity contribution in [2.24, 2.45) is 0 Å². The van der Waals surface area contributed by atoms with Crippen molar-refractivity contribution in [1.29, 1.82) is 0 Å². The highest BCUT2D eigenvalue weighted by molar-refractivity contribution is 5.98. The van der Waals surface area contributed by atoms with Crippen molar-refractivity contribution >= 4 is 17.7 Å². The molecule has 1 aromatic heterocycles. The topological polar surface area (TPSA) is 64.6 Å². The molecule has 0 saturated carbocycles. The third-order valence-electron chi connectivity index (χ3n) is 7.34. The van der Waals surface area contributed by atoms with Gasteiger partial charge < -0.3 is 20.0 Å². The molecule has 0 bridgehead atoms. The van der Waals surface area contributed by atoms with E-state index in [1.165, 1.54) is 5.56 Å². The van der Waals surface area contributed by atoms with Crippen molar-refractivity contribution in [3.8, 4) is 0 Å². The van der Waals surface area contributed by atoms with Gasteiger partial charge in [0.25, 0.3) is 5.91 Å². The summed E-state index contributed by atoms with van der Waals surface area (Å²) in [7, 11) is 0. The quantitative estimate of drug-likeness (QED) is 0.533. The molecule has 1 N–H and O–H groups in total. The van der Waals surface area contributed by atoms with E-state index in [4.69, 9.17) is 9.97 Å². The molecule has 0 radical (unpaired) electrons. The highest BCUT2D eigenvalue weighted by Gasteiger charge is 2.35. The van der Waals surface area contributed by atoms with Crippen molar-refractivity contribution < 1.29 is 4.79 Å². The molecule has 3 heterocycles. The smallest absolute Gasteiger partial charge is 0.273 e. The maximum Gasteiger partial charge on any atom is 0.273 e. The van der Waals surface area contributed by atoms with Gasteiger partial charge >= 0.3 is 0 Å². The largest absolute Gasteiger partial charge is 0.359 e. The van der Waals surface area contributed by atoms with Crippen LogP contribution in [0.4, 0.5) is 11.8 Å². The number of aryl methyl sites for hydroxylation is 1. The van der Waals surface area contributed by atoms with Crippen LogP contribution in [-0.4, -0.2) is 64.4 Å². The lowest BCUT2D eigenvalue weighted by atomic mass is 9.97. The Hall–Kier alpha value is -3.45. The van der Waals surface area contributed by atoms with Gasteiger partial charge in [-0.2, -0.15) is 4.98 Å². The normalized spacial score (nSPS) is 17.0. The summed E-state index contributed by atoms with van der Waals surface area (Å²) in [5, 5.41) is 3.74. The van der Waals surface area contributed by atoms with Crippen molar-refractivity contribution in [2.45, 2.75) is 46.3 Å². The zero-order valence-electron chi connectivity index (χ0n) is 21.7. The molecule has 7 nitrogen and oxygen atoms in total. The van der Waals surface area contributed by atoms with Gasteiger partial charge in [0.2, 0.25) is 5.95 Å². The maximum absolute atomic E-state index is 13.4. The number of piperazine rings is 1. The Morgan fingerprint density at radius 3 is 2.22 bits per heavy atom. The van der Waals surface area contributed by atoms with Crippen molar-refractivity contribution in [3.05, 3.63) is 82.5 Å². The van der Waals surface area contributed by atoms with Crippen LogP contribution in [0, 0.1) is 6.92 Å². The molecule has 3 aromatic rings. The Kier molecular flexibility index (Phi) is 6.92. The average Bonchev–Trinajstić information content (AvgIpc) is 3.25. The second-order valence-corrected chi connectivity index (χ2v) is 10.0. The molecule has 1 unspecified atom stereocenters. The fraction of sp³-hybridized carbons (Fsp3) is 0.414. The highest BCUT2D eigenvalue weighted by Crippen LogP contribution is 2.34. The molecule has 1 atom stereocenters. The number of hydrogen-bond acceptors (Lipinski definition) is 6. The van der Waals surface area contributed by atoms with Crippen LogP contribution in [0.5, 0.6) is 0 Å². The zero-order chi connectivity index (χ0) is 25.2. The van der Waals surface area contributed by atoms with E-state index < -0.39 is 0 Å². The third-order valence-corrected chi connectivity index (χ3v) is 7.34. The van der Waals surface area contributed by atoms with Gasteiger partial charge in [0.05, 0.1) is 12.6 Å². The first-order valence-electron chi connectivity index (χ1n) is 13.0. The van der Waals surface area contributed by atoms with E-state index in [2.05, 4.69) is 77.5 Å².